The molecule has 0 atom stereocenters. The summed E-state index contributed by atoms with van der Waals surface area (Å²) in [6, 6.07) is 19.2. The highest BCUT2D eigenvalue weighted by atomic mass is 16.5. The quantitative estimate of drug-likeness (QED) is 0.619. The molecule has 0 amide bonds. The second-order valence-electron chi connectivity index (χ2n) is 6.92. The summed E-state index contributed by atoms with van der Waals surface area (Å²) in [6.45, 7) is 4.18. The standard InChI is InChI=1S/C23H24N4O2/c1-2-29-23(28)18-10-12-19(13-11-18)24-20-16-21(27-14-6-7-15-27)26-22(25-20)17-8-4-3-5-9-17/h3-5,8-13,16H,2,6-7,14-15H2,1H3,(H,24,25,26). The van der Waals surface area contributed by atoms with Crippen molar-refractivity contribution in [2.24, 2.45) is 0 Å². The van der Waals surface area contributed by atoms with Gasteiger partial charge >= 0.3 is 5.97 Å². The normalized spacial score (nSPS) is 13.3. The monoisotopic (exact) mass is 388 g/mol. The minimum absolute atomic E-state index is 0.316. The third-order valence-electron chi connectivity index (χ3n) is 4.84. The number of nitrogens with zero attached hydrogens (tertiary/aromatic N) is 3. The molecule has 0 saturated carbocycles. The Morgan fingerprint density at radius 3 is 2.45 bits per heavy atom. The Hall–Kier alpha value is -3.41. The van der Waals surface area contributed by atoms with E-state index in [1.54, 1.807) is 19.1 Å². The lowest BCUT2D eigenvalue weighted by Gasteiger charge is -2.18. The summed E-state index contributed by atoms with van der Waals surface area (Å²) >= 11 is 0. The largest absolute Gasteiger partial charge is 0.462 e. The van der Waals surface area contributed by atoms with Crippen LogP contribution in [-0.2, 0) is 4.74 Å². The van der Waals surface area contributed by atoms with E-state index in [0.29, 0.717) is 18.0 Å². The van der Waals surface area contributed by atoms with Crippen LogP contribution in [0.2, 0.25) is 0 Å². The van der Waals surface area contributed by atoms with Gasteiger partial charge in [-0.05, 0) is 44.0 Å². The summed E-state index contributed by atoms with van der Waals surface area (Å²) in [4.78, 5) is 23.6. The molecule has 6 heteroatoms. The zero-order chi connectivity index (χ0) is 20.1. The van der Waals surface area contributed by atoms with Crippen LogP contribution in [0.5, 0.6) is 0 Å². The fourth-order valence-corrected chi connectivity index (χ4v) is 3.37. The molecule has 2 aromatic carbocycles. The summed E-state index contributed by atoms with van der Waals surface area (Å²) in [5, 5.41) is 3.35. The van der Waals surface area contributed by atoms with Gasteiger partial charge in [0.05, 0.1) is 12.2 Å². The van der Waals surface area contributed by atoms with Gasteiger partial charge in [-0.15, -0.1) is 0 Å². The van der Waals surface area contributed by atoms with Crippen molar-refractivity contribution in [3.8, 4) is 11.4 Å². The maximum atomic E-state index is 11.8. The van der Waals surface area contributed by atoms with Crippen molar-refractivity contribution in [2.45, 2.75) is 19.8 Å². The molecule has 0 unspecified atom stereocenters. The second-order valence-corrected chi connectivity index (χ2v) is 6.92. The molecule has 1 saturated heterocycles. The summed E-state index contributed by atoms with van der Waals surface area (Å²) < 4.78 is 5.04. The van der Waals surface area contributed by atoms with E-state index < -0.39 is 0 Å². The number of nitrogens with one attached hydrogen (secondary N) is 1. The lowest BCUT2D eigenvalue weighted by Crippen LogP contribution is -2.19. The minimum Gasteiger partial charge on any atom is -0.462 e. The van der Waals surface area contributed by atoms with Gasteiger partial charge in [-0.25, -0.2) is 14.8 Å². The first-order valence-corrected chi connectivity index (χ1v) is 9.96. The average Bonchev–Trinajstić information content (AvgIpc) is 3.30. The molecule has 1 N–H and O–H groups in total. The van der Waals surface area contributed by atoms with Crippen LogP contribution in [0.4, 0.5) is 17.3 Å². The van der Waals surface area contributed by atoms with E-state index in [0.717, 1.165) is 36.0 Å². The van der Waals surface area contributed by atoms with E-state index in [1.165, 1.54) is 12.8 Å². The summed E-state index contributed by atoms with van der Waals surface area (Å²) in [5.74, 6) is 2.04. The van der Waals surface area contributed by atoms with E-state index >= 15 is 0 Å². The summed E-state index contributed by atoms with van der Waals surface area (Å²) in [7, 11) is 0. The maximum Gasteiger partial charge on any atom is 0.338 e. The van der Waals surface area contributed by atoms with Crippen LogP contribution in [0.1, 0.15) is 30.1 Å². The van der Waals surface area contributed by atoms with Crippen molar-refractivity contribution < 1.29 is 9.53 Å². The van der Waals surface area contributed by atoms with Gasteiger partial charge in [-0.2, -0.15) is 0 Å². The third kappa shape index (κ3) is 4.54. The van der Waals surface area contributed by atoms with Crippen molar-refractivity contribution >= 4 is 23.3 Å². The van der Waals surface area contributed by atoms with Gasteiger partial charge in [0, 0.05) is 30.4 Å². The topological polar surface area (TPSA) is 67.3 Å². The Bertz CT molecular complexity index is 968. The van der Waals surface area contributed by atoms with Crippen molar-refractivity contribution in [2.75, 3.05) is 29.9 Å². The molecule has 0 spiro atoms. The molecular weight excluding hydrogens is 364 g/mol. The lowest BCUT2D eigenvalue weighted by atomic mass is 10.2. The molecule has 6 nitrogen and oxygen atoms in total. The Balaban J connectivity index is 1.62. The van der Waals surface area contributed by atoms with Gasteiger partial charge in [-0.1, -0.05) is 30.3 Å². The van der Waals surface area contributed by atoms with Crippen LogP contribution in [0.15, 0.2) is 60.7 Å². The first-order valence-electron chi connectivity index (χ1n) is 9.96. The molecule has 1 fully saturated rings. The predicted octanol–water partition coefficient (Wildman–Crippen LogP) is 4.66. The van der Waals surface area contributed by atoms with Gasteiger partial charge in [0.15, 0.2) is 5.82 Å². The smallest absolute Gasteiger partial charge is 0.338 e. The Morgan fingerprint density at radius 2 is 1.76 bits per heavy atom. The van der Waals surface area contributed by atoms with Crippen LogP contribution in [-0.4, -0.2) is 35.6 Å². The van der Waals surface area contributed by atoms with E-state index in [2.05, 4.69) is 10.2 Å². The number of carbonyl (C=O) groups excluding carboxylic acids is 1. The first-order chi connectivity index (χ1) is 14.2. The zero-order valence-corrected chi connectivity index (χ0v) is 16.5. The molecule has 3 aromatic rings. The number of anilines is 3. The van der Waals surface area contributed by atoms with Gasteiger partial charge in [0.25, 0.3) is 0 Å². The molecule has 29 heavy (non-hydrogen) atoms. The van der Waals surface area contributed by atoms with Crippen LogP contribution in [0.3, 0.4) is 0 Å². The number of benzene rings is 2. The van der Waals surface area contributed by atoms with Crippen molar-refractivity contribution in [1.29, 1.82) is 0 Å². The number of carbonyl (C=O) groups is 1. The summed E-state index contributed by atoms with van der Waals surface area (Å²) in [5.41, 5.74) is 2.36. The summed E-state index contributed by atoms with van der Waals surface area (Å²) in [6.07, 6.45) is 2.37. The highest BCUT2D eigenvalue weighted by molar-refractivity contribution is 5.89. The Kier molecular flexibility index (Phi) is 5.70. The highest BCUT2D eigenvalue weighted by Gasteiger charge is 2.17. The van der Waals surface area contributed by atoms with Crippen molar-refractivity contribution in [3.63, 3.8) is 0 Å². The number of esters is 1. The number of hydrogen-bond donors (Lipinski definition) is 1. The number of hydrogen-bond acceptors (Lipinski definition) is 6. The van der Waals surface area contributed by atoms with Crippen LogP contribution in [0.25, 0.3) is 11.4 Å². The Morgan fingerprint density at radius 1 is 1.03 bits per heavy atom. The van der Waals surface area contributed by atoms with E-state index in [4.69, 9.17) is 14.7 Å². The molecule has 148 valence electrons. The third-order valence-corrected chi connectivity index (χ3v) is 4.84. The molecule has 0 bridgehead atoms. The van der Waals surface area contributed by atoms with Crippen LogP contribution >= 0.6 is 0 Å². The highest BCUT2D eigenvalue weighted by Crippen LogP contribution is 2.26. The molecule has 2 heterocycles. The van der Waals surface area contributed by atoms with Gasteiger partial charge in [0.1, 0.15) is 11.6 Å². The maximum absolute atomic E-state index is 11.8. The Labute approximate surface area is 170 Å². The van der Waals surface area contributed by atoms with Gasteiger partial charge in [-0.3, -0.25) is 0 Å². The molecule has 0 aliphatic carbocycles. The second kappa shape index (κ2) is 8.73. The zero-order valence-electron chi connectivity index (χ0n) is 16.5. The fraction of sp³-hybridized carbons (Fsp3) is 0.261. The number of ether oxygens (including phenoxy) is 1. The molecule has 0 radical (unpaired) electrons. The van der Waals surface area contributed by atoms with E-state index in [-0.39, 0.29) is 5.97 Å². The first kappa shape index (κ1) is 18.9. The molecule has 1 aromatic heterocycles. The fourth-order valence-electron chi connectivity index (χ4n) is 3.37. The van der Waals surface area contributed by atoms with Crippen molar-refractivity contribution in [3.05, 3.63) is 66.2 Å². The van der Waals surface area contributed by atoms with Gasteiger partial charge in [0.2, 0.25) is 0 Å². The number of aromatic nitrogens is 2. The van der Waals surface area contributed by atoms with E-state index in [1.807, 2.05) is 48.5 Å². The molecule has 1 aliphatic heterocycles. The molecule has 4 rings (SSSR count). The average molecular weight is 388 g/mol. The van der Waals surface area contributed by atoms with Gasteiger partial charge < -0.3 is 15.0 Å². The SMILES string of the molecule is CCOC(=O)c1ccc(Nc2cc(N3CCCC3)nc(-c3ccccc3)n2)cc1. The number of rotatable bonds is 6. The molecular formula is C23H24N4O2. The van der Waals surface area contributed by atoms with Crippen LogP contribution < -0.4 is 10.2 Å². The minimum atomic E-state index is -0.316. The van der Waals surface area contributed by atoms with Crippen molar-refractivity contribution in [1.82, 2.24) is 9.97 Å². The molecule has 1 aliphatic rings. The van der Waals surface area contributed by atoms with E-state index in [9.17, 15) is 4.79 Å². The predicted molar refractivity (Wildman–Crippen MR) is 115 cm³/mol. The van der Waals surface area contributed by atoms with Crippen LogP contribution in [0, 0.1) is 0 Å². The lowest BCUT2D eigenvalue weighted by molar-refractivity contribution is 0.0526.